The summed E-state index contributed by atoms with van der Waals surface area (Å²) in [4.78, 5) is 29.1. The van der Waals surface area contributed by atoms with Crippen molar-refractivity contribution in [3.63, 3.8) is 0 Å². The van der Waals surface area contributed by atoms with E-state index in [9.17, 15) is 9.59 Å². The van der Waals surface area contributed by atoms with E-state index in [1.165, 1.54) is 12.8 Å². The molecule has 2 aliphatic rings. The molecule has 0 spiro atoms. The van der Waals surface area contributed by atoms with E-state index in [0.717, 1.165) is 18.5 Å². The van der Waals surface area contributed by atoms with Gasteiger partial charge in [0, 0.05) is 11.7 Å². The first-order chi connectivity index (χ1) is 9.58. The van der Waals surface area contributed by atoms with Crippen LogP contribution in [0.5, 0.6) is 0 Å². The van der Waals surface area contributed by atoms with E-state index >= 15 is 0 Å². The lowest BCUT2D eigenvalue weighted by Crippen LogP contribution is -2.34. The average Bonchev–Trinajstić information content (AvgIpc) is 2.94. The number of ketones is 2. The smallest absolute Gasteiger partial charge is 0.221 e. The first-order valence-corrected chi connectivity index (χ1v) is 7.60. The van der Waals surface area contributed by atoms with E-state index in [0.29, 0.717) is 15.7 Å². The van der Waals surface area contributed by atoms with Gasteiger partial charge in [-0.1, -0.05) is 12.8 Å². The van der Waals surface area contributed by atoms with E-state index in [1.54, 1.807) is 12.1 Å². The molecule has 0 saturated heterocycles. The Bertz CT molecular complexity index is 631. The van der Waals surface area contributed by atoms with E-state index < -0.39 is 0 Å². The molecule has 104 valence electrons. The van der Waals surface area contributed by atoms with E-state index in [1.807, 2.05) is 6.92 Å². The van der Waals surface area contributed by atoms with E-state index in [4.69, 9.17) is 0 Å². The second-order valence-electron chi connectivity index (χ2n) is 5.32. The number of hydrogen-bond donors (Lipinski definition) is 1. The lowest BCUT2D eigenvalue weighted by atomic mass is 9.96. The standard InChI is InChI=1S/C15H15BrN2O2/c1-8-6-7-10-12(17-8)15(20)11(16)13(14(10)19)18-9-4-2-3-5-9/h6-7,9,18H,2-5H2,1H3. The molecule has 1 aromatic heterocycles. The second-order valence-corrected chi connectivity index (χ2v) is 6.11. The van der Waals surface area contributed by atoms with Crippen molar-refractivity contribution in [1.29, 1.82) is 0 Å². The van der Waals surface area contributed by atoms with Crippen LogP contribution in [0.2, 0.25) is 0 Å². The summed E-state index contributed by atoms with van der Waals surface area (Å²) in [6, 6.07) is 3.73. The Kier molecular flexibility index (Phi) is 3.46. The van der Waals surface area contributed by atoms with Crippen molar-refractivity contribution in [1.82, 2.24) is 10.3 Å². The van der Waals surface area contributed by atoms with Gasteiger partial charge < -0.3 is 5.32 Å². The number of fused-ring (bicyclic) bond motifs is 1. The molecule has 0 bridgehead atoms. The zero-order valence-electron chi connectivity index (χ0n) is 11.2. The van der Waals surface area contributed by atoms with Crippen LogP contribution < -0.4 is 5.32 Å². The van der Waals surface area contributed by atoms with Gasteiger partial charge >= 0.3 is 0 Å². The molecule has 1 aromatic rings. The Morgan fingerprint density at radius 2 is 1.90 bits per heavy atom. The first-order valence-electron chi connectivity index (χ1n) is 6.81. The molecule has 2 aliphatic carbocycles. The highest BCUT2D eigenvalue weighted by Crippen LogP contribution is 2.29. The lowest BCUT2D eigenvalue weighted by Gasteiger charge is -2.22. The molecule has 0 amide bonds. The predicted molar refractivity (Wildman–Crippen MR) is 79.0 cm³/mol. The number of carbonyl (C=O) groups is 2. The van der Waals surface area contributed by atoms with Gasteiger partial charge in [-0.2, -0.15) is 0 Å². The summed E-state index contributed by atoms with van der Waals surface area (Å²) in [6.07, 6.45) is 4.43. The number of aromatic nitrogens is 1. The van der Waals surface area contributed by atoms with Crippen LogP contribution in [0.15, 0.2) is 22.3 Å². The minimum atomic E-state index is -0.219. The van der Waals surface area contributed by atoms with Gasteiger partial charge in [0.1, 0.15) is 11.4 Å². The van der Waals surface area contributed by atoms with Gasteiger partial charge in [-0.3, -0.25) is 9.59 Å². The fourth-order valence-corrected chi connectivity index (χ4v) is 3.25. The predicted octanol–water partition coefficient (Wildman–Crippen LogP) is 2.91. The Balaban J connectivity index is 1.99. The summed E-state index contributed by atoms with van der Waals surface area (Å²) in [5.41, 5.74) is 1.76. The van der Waals surface area contributed by atoms with Crippen molar-refractivity contribution in [2.45, 2.75) is 38.6 Å². The Morgan fingerprint density at radius 1 is 1.20 bits per heavy atom. The number of carbonyl (C=O) groups excluding carboxylic acids is 2. The number of hydrogen-bond acceptors (Lipinski definition) is 4. The number of pyridine rings is 1. The van der Waals surface area contributed by atoms with Crippen LogP contribution in [-0.4, -0.2) is 22.6 Å². The van der Waals surface area contributed by atoms with Gasteiger partial charge in [0.15, 0.2) is 0 Å². The molecule has 1 heterocycles. The molecule has 1 fully saturated rings. The minimum Gasteiger partial charge on any atom is -0.378 e. The Hall–Kier alpha value is -1.49. The fourth-order valence-electron chi connectivity index (χ4n) is 2.77. The van der Waals surface area contributed by atoms with E-state index in [-0.39, 0.29) is 23.3 Å². The third-order valence-corrected chi connectivity index (χ3v) is 4.60. The number of nitrogens with one attached hydrogen (secondary N) is 1. The third-order valence-electron chi connectivity index (χ3n) is 3.84. The van der Waals surface area contributed by atoms with Gasteiger partial charge in [0.05, 0.1) is 10.0 Å². The maximum Gasteiger partial charge on any atom is 0.221 e. The van der Waals surface area contributed by atoms with Crippen LogP contribution in [0, 0.1) is 6.92 Å². The number of nitrogens with zero attached hydrogens (tertiary/aromatic N) is 1. The van der Waals surface area contributed by atoms with Crippen molar-refractivity contribution < 1.29 is 9.59 Å². The highest BCUT2D eigenvalue weighted by molar-refractivity contribution is 9.12. The maximum atomic E-state index is 12.5. The van der Waals surface area contributed by atoms with E-state index in [2.05, 4.69) is 26.2 Å². The number of halogens is 1. The number of aryl methyl sites for hydroxylation is 1. The molecule has 0 aromatic carbocycles. The normalized spacial score (nSPS) is 19.5. The molecule has 0 unspecified atom stereocenters. The summed E-state index contributed by atoms with van der Waals surface area (Å²) < 4.78 is 0.306. The topological polar surface area (TPSA) is 59.1 Å². The highest BCUT2D eigenvalue weighted by Gasteiger charge is 2.33. The van der Waals surface area contributed by atoms with Gasteiger partial charge in [-0.25, -0.2) is 4.98 Å². The summed E-state index contributed by atoms with van der Waals surface area (Å²) >= 11 is 3.27. The molecule has 4 nitrogen and oxygen atoms in total. The van der Waals surface area contributed by atoms with Crippen LogP contribution in [0.4, 0.5) is 0 Å². The van der Waals surface area contributed by atoms with Crippen LogP contribution in [-0.2, 0) is 0 Å². The van der Waals surface area contributed by atoms with Crippen LogP contribution >= 0.6 is 15.9 Å². The van der Waals surface area contributed by atoms with Gasteiger partial charge in [0.25, 0.3) is 0 Å². The van der Waals surface area contributed by atoms with Crippen LogP contribution in [0.1, 0.15) is 52.2 Å². The zero-order chi connectivity index (χ0) is 14.3. The Morgan fingerprint density at radius 3 is 2.60 bits per heavy atom. The maximum absolute atomic E-state index is 12.5. The molecule has 1 saturated carbocycles. The second kappa shape index (κ2) is 5.13. The van der Waals surface area contributed by atoms with Crippen molar-refractivity contribution in [2.75, 3.05) is 0 Å². The SMILES string of the molecule is Cc1ccc2c(n1)C(=O)C(Br)=C(NC1CCCC1)C2=O. The molecule has 3 rings (SSSR count). The molecular weight excluding hydrogens is 320 g/mol. The van der Waals surface area contributed by atoms with Gasteiger partial charge in [-0.15, -0.1) is 0 Å². The first kappa shape index (κ1) is 13.5. The van der Waals surface area contributed by atoms with Crippen molar-refractivity contribution >= 4 is 27.5 Å². The summed E-state index contributed by atoms with van der Waals surface area (Å²) in [7, 11) is 0. The van der Waals surface area contributed by atoms with Crippen molar-refractivity contribution in [3.05, 3.63) is 39.3 Å². The number of rotatable bonds is 2. The average molecular weight is 335 g/mol. The van der Waals surface area contributed by atoms with Gasteiger partial charge in [0.2, 0.25) is 11.6 Å². The summed E-state index contributed by atoms with van der Waals surface area (Å²) in [6.45, 7) is 1.81. The molecule has 1 N–H and O–H groups in total. The summed E-state index contributed by atoms with van der Waals surface area (Å²) in [5, 5.41) is 3.24. The number of allylic oxidation sites excluding steroid dienone is 2. The molecule has 20 heavy (non-hydrogen) atoms. The van der Waals surface area contributed by atoms with Crippen molar-refractivity contribution in [3.8, 4) is 0 Å². The minimum absolute atomic E-state index is 0.147. The molecule has 0 radical (unpaired) electrons. The molecular formula is C15H15BrN2O2. The summed E-state index contributed by atoms with van der Waals surface area (Å²) in [5.74, 6) is -0.366. The van der Waals surface area contributed by atoms with Crippen molar-refractivity contribution in [2.24, 2.45) is 0 Å². The molecule has 5 heteroatoms. The molecule has 0 atom stereocenters. The lowest BCUT2D eigenvalue weighted by molar-refractivity contribution is 0.0970. The Labute approximate surface area is 125 Å². The highest BCUT2D eigenvalue weighted by atomic mass is 79.9. The largest absolute Gasteiger partial charge is 0.378 e. The monoisotopic (exact) mass is 334 g/mol. The molecule has 0 aliphatic heterocycles. The zero-order valence-corrected chi connectivity index (χ0v) is 12.8. The third kappa shape index (κ3) is 2.20. The van der Waals surface area contributed by atoms with Gasteiger partial charge in [-0.05, 0) is 47.8 Å². The quantitative estimate of drug-likeness (QED) is 0.903. The number of Topliss-reactive ketones (excluding diaryl/α,β-unsaturated/α-hetero) is 2. The fraction of sp³-hybridized carbons (Fsp3) is 0.400. The van der Waals surface area contributed by atoms with Crippen LogP contribution in [0.3, 0.4) is 0 Å². The van der Waals surface area contributed by atoms with Crippen LogP contribution in [0.25, 0.3) is 0 Å².